The van der Waals surface area contributed by atoms with E-state index in [-0.39, 0.29) is 12.7 Å². The Kier molecular flexibility index (Phi) is 21.4. The number of ether oxygens (including phenoxy) is 2. The van der Waals surface area contributed by atoms with Crippen molar-refractivity contribution in [3.63, 3.8) is 0 Å². The number of halogens is 1. The molecule has 0 fully saturated rings. The molecule has 2 N–H and O–H groups in total. The zero-order valence-corrected chi connectivity index (χ0v) is 65.8. The van der Waals surface area contributed by atoms with E-state index in [4.69, 9.17) is 59.3 Å². The molecule has 0 unspecified atom stereocenters. The molecule has 4 aromatic heterocycles. The van der Waals surface area contributed by atoms with Crippen LogP contribution in [0.5, 0.6) is 23.0 Å². The molecule has 16 heteroatoms. The highest BCUT2D eigenvalue weighted by atomic mass is 35.5. The maximum atomic E-state index is 9.53. The summed E-state index contributed by atoms with van der Waals surface area (Å²) in [5.41, 5.74) is 11.7. The number of benzene rings is 14. The Morgan fingerprint density at radius 2 is 0.658 bits per heavy atom. The first kappa shape index (κ1) is 77.3. The van der Waals surface area contributed by atoms with E-state index in [0.717, 1.165) is 93.2 Å². The van der Waals surface area contributed by atoms with Gasteiger partial charge in [0.15, 0.2) is 29.1 Å². The van der Waals surface area contributed by atoms with Gasteiger partial charge >= 0.3 is 0 Å². The summed E-state index contributed by atoms with van der Waals surface area (Å²) in [6.45, 7) is 6.31. The van der Waals surface area contributed by atoms with Crippen LogP contribution in [0.25, 0.3) is 97.3 Å². The fourth-order valence-electron chi connectivity index (χ4n) is 15.2. The quantitative estimate of drug-likeness (QED) is 0.124. The molecule has 0 atom stereocenters. The van der Waals surface area contributed by atoms with Gasteiger partial charge in [-0.15, -0.1) is 22.7 Å². The van der Waals surface area contributed by atoms with Crippen LogP contribution in [-0.2, 0) is 10.8 Å². The summed E-state index contributed by atoms with van der Waals surface area (Å²) < 4.78 is 17.9. The van der Waals surface area contributed by atoms with Crippen LogP contribution in [0.2, 0.25) is 5.28 Å². The smallest absolute Gasteiger partial charge is 0.226 e. The van der Waals surface area contributed by atoms with E-state index in [0.29, 0.717) is 51.5 Å². The number of para-hydroxylation sites is 4. The van der Waals surface area contributed by atoms with Crippen LogP contribution >= 0.6 is 34.3 Å². The fourth-order valence-corrected chi connectivity index (χ4v) is 17.8. The van der Waals surface area contributed by atoms with E-state index in [1.165, 1.54) is 36.7 Å². The summed E-state index contributed by atoms with van der Waals surface area (Å²) in [6.07, 6.45) is 0. The summed E-state index contributed by atoms with van der Waals surface area (Å²) in [4.78, 5) is 28.8. The van der Waals surface area contributed by atoms with Crippen molar-refractivity contribution in [2.45, 2.75) is 57.2 Å². The van der Waals surface area contributed by atoms with Gasteiger partial charge in [0.2, 0.25) is 5.28 Å². The van der Waals surface area contributed by atoms with Crippen molar-refractivity contribution in [1.82, 2.24) is 29.9 Å². The van der Waals surface area contributed by atoms with Crippen molar-refractivity contribution in [3.8, 4) is 92.1 Å². The van der Waals surface area contributed by atoms with Gasteiger partial charge < -0.3 is 19.7 Å². The van der Waals surface area contributed by atoms with Crippen molar-refractivity contribution in [1.29, 1.82) is 10.5 Å². The highest BCUT2D eigenvalue weighted by molar-refractivity contribution is 7.26. The number of thiophene rings is 2. The van der Waals surface area contributed by atoms with Gasteiger partial charge in [-0.3, -0.25) is 0 Å². The molecule has 2 aliphatic heterocycles. The number of aromatic nitrogens is 6. The van der Waals surface area contributed by atoms with Gasteiger partial charge in [-0.2, -0.15) is 20.5 Å². The maximum Gasteiger partial charge on any atom is 0.226 e. The van der Waals surface area contributed by atoms with E-state index in [9.17, 15) is 5.26 Å². The Bertz CT molecular complexity index is 6710. The highest BCUT2D eigenvalue weighted by Crippen LogP contribution is 2.58. The first-order chi connectivity index (χ1) is 56.5. The van der Waals surface area contributed by atoms with E-state index >= 15 is 0 Å². The van der Waals surface area contributed by atoms with Gasteiger partial charge in [0, 0.05) is 84.9 Å². The third-order valence-electron chi connectivity index (χ3n) is 21.5. The third kappa shape index (κ3) is 14.4. The molecule has 0 spiro atoms. The predicted octanol–water partition coefficient (Wildman–Crippen LogP) is 23.8. The second-order valence-electron chi connectivity index (χ2n) is 29.2. The van der Waals surface area contributed by atoms with E-state index < -0.39 is 22.0 Å². The van der Waals surface area contributed by atoms with E-state index in [2.05, 4.69) is 239 Å². The second kappa shape index (κ2) is 32.3. The molecule has 0 aliphatic carbocycles. The Labute approximate surface area is 693 Å². The van der Waals surface area contributed by atoms with Crippen LogP contribution in [0.3, 0.4) is 0 Å². The predicted molar refractivity (Wildman–Crippen MR) is 475 cm³/mol. The second-order valence-corrected chi connectivity index (χ2v) is 31.6. The molecule has 2 radical (unpaired) electrons. The average molecular weight is 1570 g/mol. The molecule has 6 heterocycles. The van der Waals surface area contributed by atoms with Crippen LogP contribution in [-0.4, -0.2) is 59.2 Å². The minimum atomic E-state index is -1.01. The summed E-state index contributed by atoms with van der Waals surface area (Å²) in [7, 11) is 6.35. The zero-order valence-electron chi connectivity index (χ0n) is 63.4. The Balaban J connectivity index is 0.000000135. The van der Waals surface area contributed by atoms with Crippen LogP contribution < -0.4 is 14.9 Å². The van der Waals surface area contributed by atoms with Crippen LogP contribution in [0.1, 0.15) is 90.8 Å². The lowest BCUT2D eigenvalue weighted by Crippen LogP contribution is -2.44. The number of rotatable bonds is 10. The number of nitrogens with zero attached hydrogens (tertiary/aromatic N) is 8. The highest BCUT2D eigenvalue weighted by Gasteiger charge is 2.48. The van der Waals surface area contributed by atoms with Gasteiger partial charge in [-0.1, -0.05) is 262 Å². The van der Waals surface area contributed by atoms with E-state index in [1.807, 2.05) is 103 Å². The normalized spacial score (nSPS) is 12.6. The lowest BCUT2D eigenvalue weighted by atomic mass is 9.63. The van der Waals surface area contributed by atoms with Crippen LogP contribution in [0.4, 0.5) is 0 Å². The number of fused-ring (bicyclic) bond motifs is 10. The molecule has 18 aromatic rings. The first-order valence-electron chi connectivity index (χ1n) is 37.8. The minimum Gasteiger partial charge on any atom is -0.457 e. The molecular formula is C101H74BClN8O4S2. The number of nitriles is 2. The zero-order chi connectivity index (χ0) is 79.7. The number of hydrogen-bond acceptors (Lipinski definition) is 14. The Morgan fingerprint density at radius 3 is 1.09 bits per heavy atom. The average Bonchev–Trinajstić information content (AvgIpc) is 1.43. The Morgan fingerprint density at radius 1 is 0.342 bits per heavy atom. The molecule has 14 aromatic carbocycles. The van der Waals surface area contributed by atoms with Gasteiger partial charge in [-0.25, -0.2) is 19.9 Å². The Hall–Kier alpha value is -13.6. The molecule has 0 saturated carbocycles. The number of hydrogen-bond donors (Lipinski definition) is 2. The third-order valence-corrected chi connectivity index (χ3v) is 24.1. The summed E-state index contributed by atoms with van der Waals surface area (Å²) in [5, 5.41) is 41.6. The van der Waals surface area contributed by atoms with E-state index in [1.54, 1.807) is 74.6 Å². The molecule has 0 amide bonds. The standard InChI is InChI=1S/C47H28N4OS.C25H17BO.C22H11ClN4S.C6H14O2.CH4/c48-29-30-25-27-31(28-26-30)44-49-45(51-46(50-44)37-20-11-18-35-34-17-7-10-24-41(34)53-43(35)37)36-19-12-22-39-42(36)52-40-23-9-8-21-38(40)47(39,32-13-3-1-4-14-32)33-15-5-2-6-16-33;26-22-16-9-15-21-24(22)27-23-17-8-7-14-20(23)25(21,18-10-3-1-4-11-18)19-12-5-2-6-13-19;23-22-26-20(14-10-8-13(12-24)9-11-14)25-21(27-22)17-6-3-5-16-15-4-1-2-7-18(15)28-19(16)17;1-5(2,7)6(3,4)8;/h1-28H;1-17H;1-11H;7-8H,1-4H3;1H4. The largest absolute Gasteiger partial charge is 0.457 e. The van der Waals surface area contributed by atoms with Crippen molar-refractivity contribution in [2.24, 2.45) is 0 Å². The lowest BCUT2D eigenvalue weighted by Gasteiger charge is -2.42. The van der Waals surface area contributed by atoms with Crippen molar-refractivity contribution in [2.75, 3.05) is 0 Å². The molecular weight excluding hydrogens is 1500 g/mol. The molecule has 564 valence electrons. The van der Waals surface area contributed by atoms with Crippen molar-refractivity contribution in [3.05, 3.63) is 401 Å². The minimum absolute atomic E-state index is 0. The van der Waals surface area contributed by atoms with Crippen molar-refractivity contribution < 1.29 is 19.7 Å². The number of aliphatic hydroxyl groups is 2. The topological polar surface area (TPSA) is 184 Å². The van der Waals surface area contributed by atoms with Gasteiger partial charge in [0.1, 0.15) is 30.8 Å². The van der Waals surface area contributed by atoms with Crippen molar-refractivity contribution >= 4 is 87.9 Å². The first-order valence-corrected chi connectivity index (χ1v) is 39.8. The van der Waals surface area contributed by atoms with Gasteiger partial charge in [0.05, 0.1) is 50.9 Å². The fraction of sp³-hybridized carbons (Fsp3) is 0.0891. The van der Waals surface area contributed by atoms with Gasteiger partial charge in [-0.05, 0) is 153 Å². The monoisotopic (exact) mass is 1570 g/mol. The summed E-state index contributed by atoms with van der Waals surface area (Å²) in [5.74, 6) is 5.66. The SMILES string of the molecule is C.CC(C)(O)C(C)(C)O.N#Cc1ccc(-c2nc(-c3cccc4c3Oc3ccccc3C4(c3ccccc3)c3ccccc3)nc(-c3cccc4c3sc3ccccc34)n2)cc1.N#Cc1ccc(-c2nc(Cl)nc(-c3cccc4c3sc3ccccc34)n2)cc1.[B]c1cccc2c1Oc1ccccc1C2(c1ccccc1)c1ccccc1. The summed E-state index contributed by atoms with van der Waals surface area (Å²) >= 11 is 9.68. The van der Waals surface area contributed by atoms with Crippen LogP contribution in [0, 0.1) is 22.7 Å². The maximum absolute atomic E-state index is 9.53. The van der Waals surface area contributed by atoms with Gasteiger partial charge in [0.25, 0.3) is 0 Å². The lowest BCUT2D eigenvalue weighted by molar-refractivity contribution is -0.107. The molecule has 0 saturated heterocycles. The van der Waals surface area contributed by atoms with Crippen LogP contribution in [0.15, 0.2) is 340 Å². The summed E-state index contributed by atoms with van der Waals surface area (Å²) in [6, 6.07) is 119. The molecule has 12 nitrogen and oxygen atoms in total. The molecule has 0 bridgehead atoms. The molecule has 20 rings (SSSR count). The molecule has 2 aliphatic rings. The molecule has 117 heavy (non-hydrogen) atoms.